The summed E-state index contributed by atoms with van der Waals surface area (Å²) in [6.45, 7) is 3.94. The predicted octanol–water partition coefficient (Wildman–Crippen LogP) is 6.12. The van der Waals surface area contributed by atoms with E-state index in [0.717, 1.165) is 28.9 Å². The maximum atomic E-state index is 13.0. The SMILES string of the molecule is Cc1cc(C)cc(Nc2nc(Nc3cccc(C(F)(F)F)c3)nc3c2C(=O)CCC3)c1. The lowest BCUT2D eigenvalue weighted by Gasteiger charge is -2.20. The van der Waals surface area contributed by atoms with Gasteiger partial charge in [-0.15, -0.1) is 0 Å². The molecule has 1 heterocycles. The highest BCUT2D eigenvalue weighted by Crippen LogP contribution is 2.33. The lowest BCUT2D eigenvalue weighted by molar-refractivity contribution is -0.137. The Morgan fingerprint density at radius 3 is 2.35 bits per heavy atom. The van der Waals surface area contributed by atoms with Crippen LogP contribution >= 0.6 is 0 Å². The topological polar surface area (TPSA) is 66.9 Å². The van der Waals surface area contributed by atoms with E-state index in [-0.39, 0.29) is 17.4 Å². The number of halogens is 3. The van der Waals surface area contributed by atoms with Gasteiger partial charge < -0.3 is 10.6 Å². The van der Waals surface area contributed by atoms with Crippen molar-refractivity contribution in [1.82, 2.24) is 9.97 Å². The van der Waals surface area contributed by atoms with Crippen molar-refractivity contribution in [3.05, 3.63) is 70.4 Å². The molecule has 1 aromatic heterocycles. The zero-order chi connectivity index (χ0) is 22.2. The Morgan fingerprint density at radius 2 is 1.65 bits per heavy atom. The number of carbonyl (C=O) groups is 1. The largest absolute Gasteiger partial charge is 0.416 e. The molecule has 4 rings (SSSR count). The van der Waals surface area contributed by atoms with E-state index in [1.807, 2.05) is 32.0 Å². The fourth-order valence-electron chi connectivity index (χ4n) is 3.75. The summed E-state index contributed by atoms with van der Waals surface area (Å²) in [5.74, 6) is 0.451. The summed E-state index contributed by atoms with van der Waals surface area (Å²) in [7, 11) is 0. The van der Waals surface area contributed by atoms with Gasteiger partial charge in [0, 0.05) is 17.8 Å². The molecular formula is C23H21F3N4O. The average Bonchev–Trinajstić information content (AvgIpc) is 2.66. The van der Waals surface area contributed by atoms with Crippen molar-refractivity contribution in [3.8, 4) is 0 Å². The smallest absolute Gasteiger partial charge is 0.339 e. The Balaban J connectivity index is 1.73. The van der Waals surface area contributed by atoms with Crippen LogP contribution in [0.1, 0.15) is 45.6 Å². The number of nitrogens with zero attached hydrogens (tertiary/aromatic N) is 2. The standard InChI is InChI=1S/C23H21F3N4O/c1-13-9-14(2)11-17(10-13)27-21-20-18(7-4-8-19(20)31)29-22(30-21)28-16-6-3-5-15(12-16)23(24,25)26/h3,5-6,9-12H,4,7-8H2,1-2H3,(H2,27,28,29,30). The van der Waals surface area contributed by atoms with Crippen LogP contribution in [0.3, 0.4) is 0 Å². The van der Waals surface area contributed by atoms with Gasteiger partial charge in [0.25, 0.3) is 0 Å². The van der Waals surface area contributed by atoms with Gasteiger partial charge in [0.1, 0.15) is 5.82 Å². The summed E-state index contributed by atoms with van der Waals surface area (Å²) in [6, 6.07) is 10.8. The van der Waals surface area contributed by atoms with Crippen molar-refractivity contribution in [2.75, 3.05) is 10.6 Å². The number of hydrogen-bond acceptors (Lipinski definition) is 5. The Kier molecular flexibility index (Phi) is 5.39. The fourth-order valence-corrected chi connectivity index (χ4v) is 3.75. The molecule has 3 aromatic rings. The molecule has 1 aliphatic rings. The highest BCUT2D eigenvalue weighted by Gasteiger charge is 2.30. The summed E-state index contributed by atoms with van der Waals surface area (Å²) >= 11 is 0. The van der Waals surface area contributed by atoms with Gasteiger partial charge in [0.15, 0.2) is 5.78 Å². The average molecular weight is 426 g/mol. The highest BCUT2D eigenvalue weighted by atomic mass is 19.4. The predicted molar refractivity (Wildman–Crippen MR) is 113 cm³/mol. The molecule has 0 aliphatic heterocycles. The molecule has 0 radical (unpaired) electrons. The van der Waals surface area contributed by atoms with E-state index < -0.39 is 11.7 Å². The molecule has 0 unspecified atom stereocenters. The second-order valence-corrected chi connectivity index (χ2v) is 7.70. The number of anilines is 4. The molecule has 0 atom stereocenters. The van der Waals surface area contributed by atoms with Crippen LogP contribution in [0.4, 0.5) is 36.3 Å². The van der Waals surface area contributed by atoms with Crippen LogP contribution in [0.15, 0.2) is 42.5 Å². The van der Waals surface area contributed by atoms with Gasteiger partial charge >= 0.3 is 6.18 Å². The zero-order valence-electron chi connectivity index (χ0n) is 17.1. The van der Waals surface area contributed by atoms with Crippen molar-refractivity contribution < 1.29 is 18.0 Å². The third-order valence-corrected chi connectivity index (χ3v) is 5.01. The van der Waals surface area contributed by atoms with E-state index in [9.17, 15) is 18.0 Å². The number of hydrogen-bond donors (Lipinski definition) is 2. The Morgan fingerprint density at radius 1 is 0.903 bits per heavy atom. The minimum atomic E-state index is -4.45. The van der Waals surface area contributed by atoms with E-state index >= 15 is 0 Å². The normalized spacial score (nSPS) is 13.6. The monoisotopic (exact) mass is 426 g/mol. The van der Waals surface area contributed by atoms with E-state index in [1.165, 1.54) is 12.1 Å². The fraction of sp³-hybridized carbons (Fsp3) is 0.261. The van der Waals surface area contributed by atoms with Gasteiger partial charge in [-0.3, -0.25) is 4.79 Å². The number of aromatic nitrogens is 2. The minimum absolute atomic E-state index is 0.0428. The molecule has 0 bridgehead atoms. The van der Waals surface area contributed by atoms with Crippen LogP contribution in [-0.4, -0.2) is 15.8 Å². The molecule has 2 N–H and O–H groups in total. The Hall–Kier alpha value is -3.42. The number of nitrogens with one attached hydrogen (secondary N) is 2. The van der Waals surface area contributed by atoms with Crippen LogP contribution in [0.5, 0.6) is 0 Å². The van der Waals surface area contributed by atoms with Crippen LogP contribution < -0.4 is 10.6 Å². The third-order valence-electron chi connectivity index (χ3n) is 5.01. The second-order valence-electron chi connectivity index (χ2n) is 7.70. The van der Waals surface area contributed by atoms with Gasteiger partial charge in [-0.2, -0.15) is 18.2 Å². The van der Waals surface area contributed by atoms with Crippen molar-refractivity contribution in [1.29, 1.82) is 0 Å². The molecule has 0 spiro atoms. The quantitative estimate of drug-likeness (QED) is 0.526. The first-order valence-corrected chi connectivity index (χ1v) is 9.93. The Bertz CT molecular complexity index is 1140. The molecule has 0 saturated heterocycles. The summed E-state index contributed by atoms with van der Waals surface area (Å²) in [4.78, 5) is 21.5. The minimum Gasteiger partial charge on any atom is -0.339 e. The van der Waals surface area contributed by atoms with Crippen molar-refractivity contribution >= 4 is 28.9 Å². The van der Waals surface area contributed by atoms with Crippen LogP contribution in [0.2, 0.25) is 0 Å². The number of Topliss-reactive ketones (excluding diaryl/α,β-unsaturated/α-hetero) is 1. The van der Waals surface area contributed by atoms with Crippen molar-refractivity contribution in [2.45, 2.75) is 39.3 Å². The number of carbonyl (C=O) groups excluding carboxylic acids is 1. The summed E-state index contributed by atoms with van der Waals surface area (Å²) in [5, 5.41) is 6.07. The van der Waals surface area contributed by atoms with E-state index in [1.54, 1.807) is 0 Å². The maximum absolute atomic E-state index is 13.0. The van der Waals surface area contributed by atoms with E-state index in [4.69, 9.17) is 0 Å². The lowest BCUT2D eigenvalue weighted by Crippen LogP contribution is -2.18. The van der Waals surface area contributed by atoms with Crippen LogP contribution in [-0.2, 0) is 12.6 Å². The molecule has 8 heteroatoms. The van der Waals surface area contributed by atoms with Gasteiger partial charge in [-0.1, -0.05) is 12.1 Å². The molecule has 1 aliphatic carbocycles. The number of rotatable bonds is 4. The number of fused-ring (bicyclic) bond motifs is 1. The third kappa shape index (κ3) is 4.68. The van der Waals surface area contributed by atoms with Gasteiger partial charge in [0.05, 0.1) is 16.8 Å². The second kappa shape index (κ2) is 8.02. The first kappa shape index (κ1) is 20.8. The number of aryl methyl sites for hydroxylation is 3. The Labute approximate surface area is 177 Å². The molecule has 0 amide bonds. The number of benzene rings is 2. The first-order chi connectivity index (χ1) is 14.7. The number of alkyl halides is 3. The maximum Gasteiger partial charge on any atom is 0.416 e. The molecule has 5 nitrogen and oxygen atoms in total. The summed E-state index contributed by atoms with van der Waals surface area (Å²) in [6.07, 6.45) is -2.76. The molecular weight excluding hydrogens is 405 g/mol. The van der Waals surface area contributed by atoms with Gasteiger partial charge in [-0.25, -0.2) is 4.98 Å². The van der Waals surface area contributed by atoms with Crippen molar-refractivity contribution in [3.63, 3.8) is 0 Å². The molecule has 31 heavy (non-hydrogen) atoms. The first-order valence-electron chi connectivity index (χ1n) is 9.93. The van der Waals surface area contributed by atoms with E-state index in [2.05, 4.69) is 20.6 Å². The summed E-state index contributed by atoms with van der Waals surface area (Å²) in [5.41, 5.74) is 3.38. The molecule has 160 valence electrons. The summed E-state index contributed by atoms with van der Waals surface area (Å²) < 4.78 is 39.1. The van der Waals surface area contributed by atoms with Crippen LogP contribution in [0.25, 0.3) is 0 Å². The zero-order valence-corrected chi connectivity index (χ0v) is 17.1. The number of ketones is 1. The van der Waals surface area contributed by atoms with Gasteiger partial charge in [0.2, 0.25) is 5.95 Å². The molecule has 0 fully saturated rings. The van der Waals surface area contributed by atoms with Gasteiger partial charge in [-0.05, 0) is 68.1 Å². The van der Waals surface area contributed by atoms with Crippen LogP contribution in [0, 0.1) is 13.8 Å². The lowest BCUT2D eigenvalue weighted by atomic mass is 9.95. The molecule has 2 aromatic carbocycles. The molecule has 0 saturated carbocycles. The van der Waals surface area contributed by atoms with E-state index in [0.29, 0.717) is 36.3 Å². The highest BCUT2D eigenvalue weighted by molar-refractivity contribution is 6.03. The van der Waals surface area contributed by atoms with Crippen molar-refractivity contribution in [2.24, 2.45) is 0 Å².